The minimum atomic E-state index is -0.240. The van der Waals surface area contributed by atoms with Crippen LogP contribution in [0, 0.1) is 6.92 Å². The van der Waals surface area contributed by atoms with Crippen molar-refractivity contribution in [2.45, 2.75) is 26.3 Å². The van der Waals surface area contributed by atoms with Crippen LogP contribution in [0.4, 0.5) is 5.82 Å². The molecule has 110 valence electrons. The van der Waals surface area contributed by atoms with Crippen LogP contribution in [0.25, 0.3) is 0 Å². The predicted molar refractivity (Wildman–Crippen MR) is 78.1 cm³/mol. The van der Waals surface area contributed by atoms with E-state index in [1.807, 2.05) is 18.3 Å². The van der Waals surface area contributed by atoms with Crippen LogP contribution in [0.1, 0.15) is 34.7 Å². The van der Waals surface area contributed by atoms with Gasteiger partial charge in [0.2, 0.25) is 0 Å². The molecule has 1 amide bonds. The maximum atomic E-state index is 11.8. The number of aryl methyl sites for hydroxylation is 1. The Kier molecular flexibility index (Phi) is 3.85. The van der Waals surface area contributed by atoms with Crippen LogP contribution in [-0.4, -0.2) is 29.1 Å². The molecular weight excluding hydrogens is 268 g/mol. The average molecular weight is 286 g/mol. The Balaban J connectivity index is 1.56. The Morgan fingerprint density at radius 2 is 2.19 bits per heavy atom. The number of nitrogens with zero attached hydrogens (tertiary/aromatic N) is 3. The molecular formula is C15H18N4O2. The van der Waals surface area contributed by atoms with Gasteiger partial charge in [-0.15, -0.1) is 0 Å². The van der Waals surface area contributed by atoms with Crippen molar-refractivity contribution in [3.05, 3.63) is 41.4 Å². The highest BCUT2D eigenvalue weighted by Gasteiger charge is 2.13. The van der Waals surface area contributed by atoms with E-state index in [0.29, 0.717) is 18.0 Å². The van der Waals surface area contributed by atoms with Gasteiger partial charge in [-0.1, -0.05) is 11.2 Å². The van der Waals surface area contributed by atoms with Gasteiger partial charge >= 0.3 is 0 Å². The molecule has 2 aromatic heterocycles. The Morgan fingerprint density at radius 1 is 1.38 bits per heavy atom. The lowest BCUT2D eigenvalue weighted by Crippen LogP contribution is -2.23. The standard InChI is InChI=1S/C15H18N4O2/c1-11-8-13(18-21-11)15(20)17-10-12-4-5-14(16-9-12)19-6-2-3-7-19/h4-5,8-9H,2-3,6-7,10H2,1H3,(H,17,20). The van der Waals surface area contributed by atoms with E-state index >= 15 is 0 Å². The van der Waals surface area contributed by atoms with Gasteiger partial charge in [0.05, 0.1) is 0 Å². The van der Waals surface area contributed by atoms with Gasteiger partial charge in [0, 0.05) is 31.9 Å². The number of hydrogen-bond donors (Lipinski definition) is 1. The van der Waals surface area contributed by atoms with Crippen molar-refractivity contribution in [3.63, 3.8) is 0 Å². The molecule has 1 fully saturated rings. The fourth-order valence-electron chi connectivity index (χ4n) is 2.40. The molecule has 3 heterocycles. The molecule has 0 saturated carbocycles. The van der Waals surface area contributed by atoms with Crippen molar-refractivity contribution in [3.8, 4) is 0 Å². The minimum absolute atomic E-state index is 0.240. The first kappa shape index (κ1) is 13.6. The molecule has 0 radical (unpaired) electrons. The Bertz CT molecular complexity index is 615. The molecule has 0 aromatic carbocycles. The van der Waals surface area contributed by atoms with E-state index in [1.165, 1.54) is 12.8 Å². The normalized spacial score (nSPS) is 14.4. The Morgan fingerprint density at radius 3 is 2.81 bits per heavy atom. The quantitative estimate of drug-likeness (QED) is 0.929. The summed E-state index contributed by atoms with van der Waals surface area (Å²) in [6.45, 7) is 4.34. The van der Waals surface area contributed by atoms with Gasteiger partial charge in [-0.2, -0.15) is 0 Å². The van der Waals surface area contributed by atoms with Crippen molar-refractivity contribution in [1.29, 1.82) is 0 Å². The third-order valence-electron chi connectivity index (χ3n) is 3.55. The van der Waals surface area contributed by atoms with E-state index in [-0.39, 0.29) is 5.91 Å². The summed E-state index contributed by atoms with van der Waals surface area (Å²) < 4.78 is 4.88. The lowest BCUT2D eigenvalue weighted by molar-refractivity contribution is 0.0942. The zero-order valence-electron chi connectivity index (χ0n) is 12.0. The van der Waals surface area contributed by atoms with Crippen molar-refractivity contribution in [2.75, 3.05) is 18.0 Å². The molecule has 0 spiro atoms. The van der Waals surface area contributed by atoms with E-state index in [9.17, 15) is 4.79 Å². The molecule has 6 heteroatoms. The summed E-state index contributed by atoms with van der Waals surface area (Å²) in [5.41, 5.74) is 1.26. The molecule has 0 atom stereocenters. The van der Waals surface area contributed by atoms with E-state index in [1.54, 1.807) is 13.0 Å². The van der Waals surface area contributed by atoms with E-state index in [4.69, 9.17) is 4.52 Å². The van der Waals surface area contributed by atoms with Gasteiger partial charge in [0.25, 0.3) is 5.91 Å². The van der Waals surface area contributed by atoms with Crippen LogP contribution in [-0.2, 0) is 6.54 Å². The maximum absolute atomic E-state index is 11.8. The largest absolute Gasteiger partial charge is 0.361 e. The average Bonchev–Trinajstić information content (AvgIpc) is 3.16. The van der Waals surface area contributed by atoms with Crippen LogP contribution < -0.4 is 10.2 Å². The van der Waals surface area contributed by atoms with Crippen LogP contribution >= 0.6 is 0 Å². The summed E-state index contributed by atoms with van der Waals surface area (Å²) in [6.07, 6.45) is 4.27. The van der Waals surface area contributed by atoms with Crippen molar-refractivity contribution in [2.24, 2.45) is 0 Å². The molecule has 1 aliphatic heterocycles. The Hall–Kier alpha value is -2.37. The highest BCUT2D eigenvalue weighted by molar-refractivity contribution is 5.92. The molecule has 21 heavy (non-hydrogen) atoms. The zero-order valence-corrected chi connectivity index (χ0v) is 12.0. The van der Waals surface area contributed by atoms with Crippen LogP contribution in [0.3, 0.4) is 0 Å². The molecule has 1 aliphatic rings. The number of rotatable bonds is 4. The van der Waals surface area contributed by atoms with Crippen LogP contribution in [0.2, 0.25) is 0 Å². The molecule has 0 bridgehead atoms. The lowest BCUT2D eigenvalue weighted by Gasteiger charge is -2.16. The van der Waals surface area contributed by atoms with Gasteiger partial charge < -0.3 is 14.7 Å². The summed E-state index contributed by atoms with van der Waals surface area (Å²) in [5.74, 6) is 1.39. The first-order chi connectivity index (χ1) is 10.2. The van der Waals surface area contributed by atoms with Crippen LogP contribution in [0.15, 0.2) is 28.9 Å². The second-order valence-electron chi connectivity index (χ2n) is 5.22. The van der Waals surface area contributed by atoms with E-state index in [2.05, 4.69) is 20.4 Å². The third-order valence-corrected chi connectivity index (χ3v) is 3.55. The maximum Gasteiger partial charge on any atom is 0.273 e. The van der Waals surface area contributed by atoms with Gasteiger partial charge in [0.15, 0.2) is 5.69 Å². The first-order valence-electron chi connectivity index (χ1n) is 7.14. The molecule has 0 aliphatic carbocycles. The highest BCUT2D eigenvalue weighted by atomic mass is 16.5. The number of pyridine rings is 1. The van der Waals surface area contributed by atoms with E-state index < -0.39 is 0 Å². The topological polar surface area (TPSA) is 71.3 Å². The molecule has 3 rings (SSSR count). The lowest BCUT2D eigenvalue weighted by atomic mass is 10.2. The van der Waals surface area contributed by atoms with Crippen molar-refractivity contribution < 1.29 is 9.32 Å². The number of carbonyl (C=O) groups excluding carboxylic acids is 1. The summed E-state index contributed by atoms with van der Waals surface area (Å²) in [6, 6.07) is 5.62. The highest BCUT2D eigenvalue weighted by Crippen LogP contribution is 2.17. The number of hydrogen-bond acceptors (Lipinski definition) is 5. The molecule has 1 saturated heterocycles. The van der Waals surface area contributed by atoms with E-state index in [0.717, 1.165) is 24.5 Å². The molecule has 1 N–H and O–H groups in total. The molecule has 0 unspecified atom stereocenters. The number of aromatic nitrogens is 2. The van der Waals surface area contributed by atoms with Gasteiger partial charge in [-0.05, 0) is 31.4 Å². The second kappa shape index (κ2) is 5.95. The minimum Gasteiger partial charge on any atom is -0.361 e. The predicted octanol–water partition coefficient (Wildman–Crippen LogP) is 1.91. The Labute approximate surface area is 123 Å². The molecule has 2 aromatic rings. The fourth-order valence-corrected chi connectivity index (χ4v) is 2.40. The number of nitrogens with one attached hydrogen (secondary N) is 1. The van der Waals surface area contributed by atoms with Crippen LogP contribution in [0.5, 0.6) is 0 Å². The van der Waals surface area contributed by atoms with Gasteiger partial charge in [-0.3, -0.25) is 4.79 Å². The SMILES string of the molecule is Cc1cc(C(=O)NCc2ccc(N3CCCC3)nc2)no1. The van der Waals surface area contributed by atoms with Crippen molar-refractivity contribution >= 4 is 11.7 Å². The second-order valence-corrected chi connectivity index (χ2v) is 5.22. The zero-order chi connectivity index (χ0) is 14.7. The molecule has 6 nitrogen and oxygen atoms in total. The summed E-state index contributed by atoms with van der Waals surface area (Å²) in [7, 11) is 0. The number of anilines is 1. The summed E-state index contributed by atoms with van der Waals surface area (Å²) in [4.78, 5) is 18.6. The third kappa shape index (κ3) is 3.21. The van der Waals surface area contributed by atoms with Gasteiger partial charge in [0.1, 0.15) is 11.6 Å². The number of carbonyl (C=O) groups is 1. The van der Waals surface area contributed by atoms with Crippen molar-refractivity contribution in [1.82, 2.24) is 15.5 Å². The summed E-state index contributed by atoms with van der Waals surface area (Å²) >= 11 is 0. The fraction of sp³-hybridized carbons (Fsp3) is 0.400. The smallest absolute Gasteiger partial charge is 0.273 e. The monoisotopic (exact) mass is 286 g/mol. The number of amides is 1. The first-order valence-corrected chi connectivity index (χ1v) is 7.14. The summed E-state index contributed by atoms with van der Waals surface area (Å²) in [5, 5.41) is 6.49. The van der Waals surface area contributed by atoms with Gasteiger partial charge in [-0.25, -0.2) is 4.98 Å².